The number of nitrogens with two attached hydrogens (primary N) is 1. The van der Waals surface area contributed by atoms with Gasteiger partial charge in [0.05, 0.1) is 14.2 Å². The number of methoxy groups -OCH3 is 2. The Morgan fingerprint density at radius 2 is 1.74 bits per heavy atom. The van der Waals surface area contributed by atoms with Crippen LogP contribution in [0.2, 0.25) is 0 Å². The van der Waals surface area contributed by atoms with Gasteiger partial charge in [0.2, 0.25) is 11.5 Å². The Hall–Kier alpha value is -2.87. The fraction of sp³-hybridized carbons (Fsp3) is 0.263. The number of esters is 2. The minimum absolute atomic E-state index is 0.0297. The molecule has 0 fully saturated rings. The molecule has 0 aliphatic carbocycles. The first-order chi connectivity index (χ1) is 13.0. The van der Waals surface area contributed by atoms with E-state index in [9.17, 15) is 9.59 Å². The molecule has 0 radical (unpaired) electrons. The smallest absolute Gasteiger partial charge is 0.334 e. The number of hydrogen-bond donors (Lipinski definition) is 1. The molecule has 27 heavy (non-hydrogen) atoms. The summed E-state index contributed by atoms with van der Waals surface area (Å²) in [4.78, 5) is 26.1. The van der Waals surface area contributed by atoms with Crippen LogP contribution in [-0.4, -0.2) is 37.7 Å². The van der Waals surface area contributed by atoms with E-state index in [2.05, 4.69) is 0 Å². The third-order valence-electron chi connectivity index (χ3n) is 4.12. The van der Waals surface area contributed by atoms with Gasteiger partial charge in [-0.2, -0.15) is 0 Å². The van der Waals surface area contributed by atoms with Crippen LogP contribution >= 0.6 is 11.8 Å². The lowest BCUT2D eigenvalue weighted by molar-refractivity contribution is -0.155. The molecule has 1 heterocycles. The molecule has 7 nitrogen and oxygen atoms in total. The molecule has 142 valence electrons. The van der Waals surface area contributed by atoms with Crippen molar-refractivity contribution in [2.45, 2.75) is 16.1 Å². The first kappa shape index (κ1) is 18.9. The van der Waals surface area contributed by atoms with Crippen LogP contribution in [-0.2, 0) is 25.5 Å². The summed E-state index contributed by atoms with van der Waals surface area (Å²) in [6.45, 7) is 0.132. The monoisotopic (exact) mass is 389 g/mol. The minimum atomic E-state index is -1.66. The van der Waals surface area contributed by atoms with Gasteiger partial charge in [0.1, 0.15) is 0 Å². The van der Waals surface area contributed by atoms with E-state index in [1.807, 2.05) is 0 Å². The third kappa shape index (κ3) is 3.66. The lowest BCUT2D eigenvalue weighted by Gasteiger charge is -2.28. The standard InChI is InChI=1S/C19H19NO6S/c1-23-17(21)19(18(22)24-2,27-16-6-4-3-5-13(16)20)10-12-7-8-14-15(9-12)26-11-25-14/h3-9H,10-11,20H2,1-2H3. The second-order valence-electron chi connectivity index (χ2n) is 5.81. The molecule has 2 aromatic carbocycles. The van der Waals surface area contributed by atoms with Crippen molar-refractivity contribution in [2.24, 2.45) is 0 Å². The predicted molar refractivity (Wildman–Crippen MR) is 99.7 cm³/mol. The van der Waals surface area contributed by atoms with Crippen LogP contribution in [0.3, 0.4) is 0 Å². The van der Waals surface area contributed by atoms with Gasteiger partial charge < -0.3 is 24.7 Å². The van der Waals surface area contributed by atoms with E-state index in [0.29, 0.717) is 27.6 Å². The molecular formula is C19H19NO6S. The molecule has 2 aromatic rings. The lowest BCUT2D eigenvalue weighted by atomic mass is 9.98. The van der Waals surface area contributed by atoms with Gasteiger partial charge in [-0.1, -0.05) is 30.0 Å². The predicted octanol–water partition coefficient (Wildman–Crippen LogP) is 2.42. The Morgan fingerprint density at radius 1 is 1.07 bits per heavy atom. The summed E-state index contributed by atoms with van der Waals surface area (Å²) in [6, 6.07) is 12.2. The molecule has 8 heteroatoms. The van der Waals surface area contributed by atoms with Gasteiger partial charge in [-0.05, 0) is 29.8 Å². The average molecular weight is 389 g/mol. The van der Waals surface area contributed by atoms with Crippen LogP contribution in [0.5, 0.6) is 11.5 Å². The van der Waals surface area contributed by atoms with Crippen molar-refractivity contribution >= 4 is 29.4 Å². The van der Waals surface area contributed by atoms with Crippen molar-refractivity contribution in [1.82, 2.24) is 0 Å². The third-order valence-corrected chi connectivity index (χ3v) is 5.54. The molecule has 2 N–H and O–H groups in total. The van der Waals surface area contributed by atoms with Crippen LogP contribution < -0.4 is 15.2 Å². The van der Waals surface area contributed by atoms with E-state index in [0.717, 1.165) is 11.8 Å². The second-order valence-corrected chi connectivity index (χ2v) is 7.16. The molecule has 3 rings (SSSR count). The van der Waals surface area contributed by atoms with Crippen LogP contribution in [0.25, 0.3) is 0 Å². The summed E-state index contributed by atoms with van der Waals surface area (Å²) >= 11 is 1.01. The first-order valence-corrected chi connectivity index (χ1v) is 8.90. The van der Waals surface area contributed by atoms with E-state index in [1.54, 1.807) is 42.5 Å². The Balaban J connectivity index is 2.04. The highest BCUT2D eigenvalue weighted by molar-refractivity contribution is 8.02. The first-order valence-electron chi connectivity index (χ1n) is 8.09. The fourth-order valence-electron chi connectivity index (χ4n) is 2.78. The fourth-order valence-corrected chi connectivity index (χ4v) is 4.06. The molecule has 0 spiro atoms. The van der Waals surface area contributed by atoms with Crippen molar-refractivity contribution in [3.8, 4) is 11.5 Å². The molecule has 0 aromatic heterocycles. The number of fused-ring (bicyclic) bond motifs is 1. The summed E-state index contributed by atoms with van der Waals surface area (Å²) in [6.07, 6.45) is 0.0297. The van der Waals surface area contributed by atoms with Gasteiger partial charge in [0, 0.05) is 17.0 Å². The number of carbonyl (C=O) groups is 2. The Bertz CT molecular complexity index is 853. The number of para-hydroxylation sites is 1. The molecule has 1 aliphatic heterocycles. The van der Waals surface area contributed by atoms with E-state index in [-0.39, 0.29) is 13.2 Å². The molecular weight excluding hydrogens is 370 g/mol. The topological polar surface area (TPSA) is 97.1 Å². The summed E-state index contributed by atoms with van der Waals surface area (Å²) in [5.74, 6) is -0.277. The zero-order valence-electron chi connectivity index (χ0n) is 14.9. The van der Waals surface area contributed by atoms with Gasteiger partial charge in [-0.3, -0.25) is 0 Å². The van der Waals surface area contributed by atoms with Crippen LogP contribution in [0.4, 0.5) is 5.69 Å². The van der Waals surface area contributed by atoms with Crippen molar-refractivity contribution in [3.05, 3.63) is 48.0 Å². The number of rotatable bonds is 6. The highest BCUT2D eigenvalue weighted by Crippen LogP contribution is 2.42. The highest BCUT2D eigenvalue weighted by atomic mass is 32.2. The molecule has 0 bridgehead atoms. The summed E-state index contributed by atoms with van der Waals surface area (Å²) in [7, 11) is 2.46. The van der Waals surface area contributed by atoms with Crippen molar-refractivity contribution in [3.63, 3.8) is 0 Å². The summed E-state index contributed by atoms with van der Waals surface area (Å²) < 4.78 is 18.9. The summed E-state index contributed by atoms with van der Waals surface area (Å²) in [5, 5.41) is 0. The quantitative estimate of drug-likeness (QED) is 0.348. The van der Waals surface area contributed by atoms with Crippen LogP contribution in [0.15, 0.2) is 47.4 Å². The van der Waals surface area contributed by atoms with Gasteiger partial charge in [-0.25, -0.2) is 9.59 Å². The number of hydrogen-bond acceptors (Lipinski definition) is 8. The molecule has 0 saturated carbocycles. The number of nitrogen functional groups attached to an aromatic ring is 1. The molecule has 0 unspecified atom stereocenters. The SMILES string of the molecule is COC(=O)C(Cc1ccc2c(c1)OCO2)(Sc1ccccc1N)C(=O)OC. The Labute approximate surface area is 160 Å². The van der Waals surface area contributed by atoms with Crippen LogP contribution in [0, 0.1) is 0 Å². The maximum absolute atomic E-state index is 12.7. The minimum Gasteiger partial charge on any atom is -0.468 e. The van der Waals surface area contributed by atoms with Gasteiger partial charge in [-0.15, -0.1) is 0 Å². The van der Waals surface area contributed by atoms with Gasteiger partial charge in [0.25, 0.3) is 0 Å². The van der Waals surface area contributed by atoms with Gasteiger partial charge >= 0.3 is 11.9 Å². The Kier molecular flexibility index (Phi) is 5.46. The number of anilines is 1. The van der Waals surface area contributed by atoms with E-state index in [1.165, 1.54) is 14.2 Å². The number of thioether (sulfide) groups is 1. The normalized spacial score (nSPS) is 12.5. The average Bonchev–Trinajstić information content (AvgIpc) is 3.15. The highest BCUT2D eigenvalue weighted by Gasteiger charge is 2.50. The number of benzene rings is 2. The molecule has 0 atom stereocenters. The molecule has 0 saturated heterocycles. The lowest BCUT2D eigenvalue weighted by Crippen LogP contribution is -2.47. The summed E-state index contributed by atoms with van der Waals surface area (Å²) in [5.41, 5.74) is 7.16. The largest absolute Gasteiger partial charge is 0.468 e. The van der Waals surface area contributed by atoms with Crippen molar-refractivity contribution < 1.29 is 28.5 Å². The molecule has 1 aliphatic rings. The van der Waals surface area contributed by atoms with E-state index >= 15 is 0 Å². The van der Waals surface area contributed by atoms with Gasteiger partial charge in [0.15, 0.2) is 11.5 Å². The second kappa shape index (κ2) is 7.79. The maximum atomic E-state index is 12.7. The van der Waals surface area contributed by atoms with Crippen molar-refractivity contribution in [1.29, 1.82) is 0 Å². The Morgan fingerprint density at radius 3 is 2.41 bits per heavy atom. The molecule has 0 amide bonds. The number of ether oxygens (including phenoxy) is 4. The zero-order valence-corrected chi connectivity index (χ0v) is 15.7. The van der Waals surface area contributed by atoms with Crippen LogP contribution in [0.1, 0.15) is 5.56 Å². The number of carbonyl (C=O) groups excluding carboxylic acids is 2. The van der Waals surface area contributed by atoms with Crippen molar-refractivity contribution in [2.75, 3.05) is 26.7 Å². The van der Waals surface area contributed by atoms with E-state index < -0.39 is 16.7 Å². The zero-order chi connectivity index (χ0) is 19.4. The van der Waals surface area contributed by atoms with E-state index in [4.69, 9.17) is 24.7 Å². The maximum Gasteiger partial charge on any atom is 0.334 e.